The van der Waals surface area contributed by atoms with Gasteiger partial charge >= 0.3 is 23.9 Å². The molecule has 13 heteroatoms. The van der Waals surface area contributed by atoms with Gasteiger partial charge in [0, 0.05) is 17.8 Å². The van der Waals surface area contributed by atoms with Crippen LogP contribution in [0.5, 0.6) is 0 Å². The molecule has 2 N–H and O–H groups in total. The number of ether oxygens (including phenoxy) is 4. The van der Waals surface area contributed by atoms with Gasteiger partial charge in [0.1, 0.15) is 12.2 Å². The van der Waals surface area contributed by atoms with Gasteiger partial charge in [0.25, 0.3) is 0 Å². The summed E-state index contributed by atoms with van der Waals surface area (Å²) in [4.78, 5) is 60.0. The van der Waals surface area contributed by atoms with Crippen molar-refractivity contribution >= 4 is 23.9 Å². The maximum atomic E-state index is 13.0. The second-order valence-corrected chi connectivity index (χ2v) is 18.9. The molecule has 6 aliphatic carbocycles. The van der Waals surface area contributed by atoms with Gasteiger partial charge in [0.05, 0.1) is 48.1 Å². The van der Waals surface area contributed by atoms with Crippen molar-refractivity contribution in [1.29, 1.82) is 0 Å². The number of hydrogen-bond donors (Lipinski definition) is 2. The zero-order valence-corrected chi connectivity index (χ0v) is 33.7. The highest BCUT2D eigenvalue weighted by Gasteiger charge is 2.46. The first-order valence-electron chi connectivity index (χ1n) is 22.1. The van der Waals surface area contributed by atoms with Crippen LogP contribution in [0, 0.1) is 51.0 Å². The number of hydrogen-bond acceptors (Lipinski definition) is 10. The van der Waals surface area contributed by atoms with E-state index in [1.54, 1.807) is 0 Å². The molecule has 0 aromatic carbocycles. The van der Waals surface area contributed by atoms with Crippen LogP contribution in [0.3, 0.4) is 0 Å². The first kappa shape index (κ1) is 42.8. The van der Waals surface area contributed by atoms with Crippen LogP contribution in [-0.2, 0) is 38.1 Å². The third kappa shape index (κ3) is 10.8. The summed E-state index contributed by atoms with van der Waals surface area (Å²) < 4.78 is 24.8. The Morgan fingerprint density at radius 3 is 1.25 bits per heavy atom. The Labute approximate surface area is 331 Å². The van der Waals surface area contributed by atoms with Crippen LogP contribution < -0.4 is 0 Å². The van der Waals surface area contributed by atoms with Crippen molar-refractivity contribution in [3.63, 3.8) is 0 Å². The van der Waals surface area contributed by atoms with Crippen LogP contribution in [0.4, 0.5) is 0 Å². The fourth-order valence-corrected chi connectivity index (χ4v) is 11.4. The molecular formula is C43H67NO12. The lowest BCUT2D eigenvalue weighted by molar-refractivity contribution is -0.528. The van der Waals surface area contributed by atoms with Gasteiger partial charge in [0.15, 0.2) is 0 Å². The number of esters is 2. The minimum atomic E-state index is -1.17. The van der Waals surface area contributed by atoms with E-state index in [1.165, 1.54) is 12.8 Å². The van der Waals surface area contributed by atoms with Gasteiger partial charge in [-0.05, 0) is 139 Å². The van der Waals surface area contributed by atoms with Crippen molar-refractivity contribution in [2.24, 2.45) is 40.9 Å². The largest absolute Gasteiger partial charge is 0.481 e. The predicted octanol–water partition coefficient (Wildman–Crippen LogP) is 7.91. The molecule has 0 amide bonds. The molecule has 0 aliphatic heterocycles. The SMILES string of the molecule is CC(C)(C1CCC(OC2CCC(OC(=O)C3CCCCC3C(=O)O)CC2)CC1)C1CCC(OC2CCC(OC(=O)C3CCC([N+](=O)[O-])CC3C(=O)O)CC2)CC1. The molecule has 5 atom stereocenters. The minimum absolute atomic E-state index is 0.134. The van der Waals surface area contributed by atoms with Gasteiger partial charge in [-0.2, -0.15) is 0 Å². The normalized spacial score (nSPS) is 38.5. The van der Waals surface area contributed by atoms with E-state index in [0.717, 1.165) is 89.9 Å². The average Bonchev–Trinajstić information content (AvgIpc) is 3.19. The van der Waals surface area contributed by atoms with Crippen LogP contribution in [0.25, 0.3) is 0 Å². The first-order chi connectivity index (χ1) is 26.8. The highest BCUT2D eigenvalue weighted by Crippen LogP contribution is 2.49. The van der Waals surface area contributed by atoms with E-state index < -0.39 is 52.5 Å². The summed E-state index contributed by atoms with van der Waals surface area (Å²) in [5.41, 5.74) is 0.250. The maximum absolute atomic E-state index is 13.0. The molecule has 56 heavy (non-hydrogen) atoms. The van der Waals surface area contributed by atoms with E-state index in [9.17, 15) is 39.5 Å². The van der Waals surface area contributed by atoms with E-state index in [1.807, 2.05) is 0 Å². The van der Waals surface area contributed by atoms with Crippen molar-refractivity contribution in [1.82, 2.24) is 0 Å². The molecule has 0 aromatic heterocycles. The van der Waals surface area contributed by atoms with E-state index >= 15 is 0 Å². The molecule has 0 radical (unpaired) electrons. The van der Waals surface area contributed by atoms with E-state index in [4.69, 9.17) is 18.9 Å². The average molecular weight is 790 g/mol. The van der Waals surface area contributed by atoms with Crippen molar-refractivity contribution < 1.29 is 53.3 Å². The lowest BCUT2D eigenvalue weighted by Gasteiger charge is -2.47. The fraction of sp³-hybridized carbons (Fsp3) is 0.907. The topological polar surface area (TPSA) is 189 Å². The third-order valence-corrected chi connectivity index (χ3v) is 15.2. The highest BCUT2D eigenvalue weighted by atomic mass is 16.6. The van der Waals surface area contributed by atoms with Crippen LogP contribution in [-0.4, -0.2) is 81.7 Å². The summed E-state index contributed by atoms with van der Waals surface area (Å²) in [6.45, 7) is 4.93. The van der Waals surface area contributed by atoms with E-state index in [0.29, 0.717) is 37.5 Å². The van der Waals surface area contributed by atoms with Crippen LogP contribution in [0.15, 0.2) is 0 Å². The lowest BCUT2D eigenvalue weighted by atomic mass is 9.60. The lowest BCUT2D eigenvalue weighted by Crippen LogP contribution is -2.42. The number of carbonyl (C=O) groups is 4. The number of aliphatic carboxylic acids is 2. The first-order valence-corrected chi connectivity index (χ1v) is 22.1. The van der Waals surface area contributed by atoms with Gasteiger partial charge in [-0.1, -0.05) is 26.7 Å². The van der Waals surface area contributed by atoms with Crippen LogP contribution in [0.1, 0.15) is 162 Å². The molecule has 13 nitrogen and oxygen atoms in total. The van der Waals surface area contributed by atoms with Crippen molar-refractivity contribution in [3.8, 4) is 0 Å². The molecule has 316 valence electrons. The molecule has 5 unspecified atom stereocenters. The smallest absolute Gasteiger partial charge is 0.310 e. The fourth-order valence-electron chi connectivity index (χ4n) is 11.4. The summed E-state index contributed by atoms with van der Waals surface area (Å²) in [5, 5.41) is 30.4. The Bertz CT molecular complexity index is 1350. The van der Waals surface area contributed by atoms with Crippen molar-refractivity contribution in [2.45, 2.75) is 204 Å². The molecule has 6 saturated carbocycles. The number of carboxylic acids is 2. The summed E-state index contributed by atoms with van der Waals surface area (Å²) in [5.74, 6) is -4.62. The molecule has 0 spiro atoms. The Morgan fingerprint density at radius 1 is 0.500 bits per heavy atom. The summed E-state index contributed by atoms with van der Waals surface area (Å²) in [6.07, 6.45) is 18.8. The summed E-state index contributed by atoms with van der Waals surface area (Å²) in [6, 6.07) is -0.926. The predicted molar refractivity (Wildman–Crippen MR) is 204 cm³/mol. The van der Waals surface area contributed by atoms with Crippen molar-refractivity contribution in [3.05, 3.63) is 10.1 Å². The van der Waals surface area contributed by atoms with E-state index in [-0.39, 0.29) is 67.3 Å². The summed E-state index contributed by atoms with van der Waals surface area (Å²) in [7, 11) is 0. The molecule has 6 rings (SSSR count). The number of rotatable bonds is 13. The molecule has 6 aliphatic rings. The van der Waals surface area contributed by atoms with Gasteiger partial charge in [-0.3, -0.25) is 29.3 Å². The molecule has 0 aromatic rings. The number of nitro groups is 1. The standard InChI is InChI=1S/C43H67NO12/c1-43(2,26-7-12-29(13-8-26)53-31-16-20-33(21-17-31)55-41(49)36-6-4-3-5-35(36)39(45)46)27-9-14-30(15-10-27)54-32-18-22-34(23-19-32)56-42(50)37-24-11-28(44(51)52)25-38(37)40(47)48/h26-38H,3-25H2,1-2H3,(H,45,46)(H,47,48). The van der Waals surface area contributed by atoms with Gasteiger partial charge in [-0.25, -0.2) is 0 Å². The molecule has 0 saturated heterocycles. The van der Waals surface area contributed by atoms with Gasteiger partial charge in [0.2, 0.25) is 6.04 Å². The monoisotopic (exact) mass is 789 g/mol. The Kier molecular flexibility index (Phi) is 14.8. The maximum Gasteiger partial charge on any atom is 0.310 e. The number of carbonyl (C=O) groups excluding carboxylic acids is 2. The number of nitrogens with zero attached hydrogens (tertiary/aromatic N) is 1. The Balaban J connectivity index is 0.845. The second-order valence-electron chi connectivity index (χ2n) is 18.9. The Morgan fingerprint density at radius 2 is 0.857 bits per heavy atom. The zero-order chi connectivity index (χ0) is 40.0. The molecule has 0 bridgehead atoms. The van der Waals surface area contributed by atoms with Gasteiger partial charge < -0.3 is 29.2 Å². The highest BCUT2D eigenvalue weighted by molar-refractivity contribution is 5.82. The second kappa shape index (κ2) is 19.3. The number of carboxylic acid groups (broad SMARTS) is 2. The van der Waals surface area contributed by atoms with Crippen molar-refractivity contribution in [2.75, 3.05) is 0 Å². The van der Waals surface area contributed by atoms with Gasteiger partial charge in [-0.15, -0.1) is 0 Å². The summed E-state index contributed by atoms with van der Waals surface area (Å²) >= 11 is 0. The molecular weight excluding hydrogens is 722 g/mol. The third-order valence-electron chi connectivity index (χ3n) is 15.2. The van der Waals surface area contributed by atoms with E-state index in [2.05, 4.69) is 13.8 Å². The zero-order valence-electron chi connectivity index (χ0n) is 33.7. The Hall–Kier alpha value is -2.80. The minimum Gasteiger partial charge on any atom is -0.481 e. The van der Waals surface area contributed by atoms with Crippen LogP contribution in [0.2, 0.25) is 0 Å². The quantitative estimate of drug-likeness (QED) is 0.104. The molecule has 6 fully saturated rings. The van der Waals surface area contributed by atoms with Crippen LogP contribution >= 0.6 is 0 Å². The molecule has 0 heterocycles.